The number of amides is 2. The van der Waals surface area contributed by atoms with Crippen LogP contribution in [0, 0.1) is 11.8 Å². The van der Waals surface area contributed by atoms with Gasteiger partial charge >= 0.3 is 0 Å². The van der Waals surface area contributed by atoms with Gasteiger partial charge in [0.1, 0.15) is 0 Å². The van der Waals surface area contributed by atoms with Crippen LogP contribution in [0.25, 0.3) is 6.08 Å². The third kappa shape index (κ3) is 9.59. The van der Waals surface area contributed by atoms with Crippen LogP contribution in [0.2, 0.25) is 0 Å². The van der Waals surface area contributed by atoms with E-state index in [0.717, 1.165) is 5.56 Å². The van der Waals surface area contributed by atoms with Crippen molar-refractivity contribution in [1.82, 2.24) is 10.6 Å². The van der Waals surface area contributed by atoms with Gasteiger partial charge in [-0.3, -0.25) is 9.59 Å². The molecule has 1 aromatic rings. The first-order chi connectivity index (χ1) is 11.8. The summed E-state index contributed by atoms with van der Waals surface area (Å²) in [5.41, 5.74) is 6.89. The highest BCUT2D eigenvalue weighted by Crippen LogP contribution is 2.06. The molecule has 1 rings (SSSR count). The molecule has 0 bridgehead atoms. The van der Waals surface area contributed by atoms with Gasteiger partial charge in [0.25, 0.3) is 0 Å². The topological polar surface area (TPSA) is 84.2 Å². The van der Waals surface area contributed by atoms with Crippen LogP contribution in [0.3, 0.4) is 0 Å². The van der Waals surface area contributed by atoms with E-state index in [1.165, 1.54) is 6.08 Å². The summed E-state index contributed by atoms with van der Waals surface area (Å²) >= 11 is 0. The summed E-state index contributed by atoms with van der Waals surface area (Å²) in [5.74, 6) is 0.200. The Morgan fingerprint density at radius 2 is 1.73 bits per heavy atom. The van der Waals surface area contributed by atoms with Gasteiger partial charge in [0.05, 0.1) is 6.04 Å². The molecule has 0 saturated carbocycles. The van der Waals surface area contributed by atoms with Crippen LogP contribution >= 0.6 is 12.4 Å². The summed E-state index contributed by atoms with van der Waals surface area (Å²) < 4.78 is 0. The fourth-order valence-electron chi connectivity index (χ4n) is 2.36. The van der Waals surface area contributed by atoms with Crippen molar-refractivity contribution in [3.05, 3.63) is 42.0 Å². The number of nitrogens with two attached hydrogens (primary N) is 1. The van der Waals surface area contributed by atoms with Crippen LogP contribution in [0.5, 0.6) is 0 Å². The molecular formula is C20H32ClN3O2. The second-order valence-corrected chi connectivity index (χ2v) is 7.08. The van der Waals surface area contributed by atoms with E-state index in [-0.39, 0.29) is 36.2 Å². The van der Waals surface area contributed by atoms with Gasteiger partial charge < -0.3 is 16.4 Å². The summed E-state index contributed by atoms with van der Waals surface area (Å²) in [7, 11) is 0. The van der Waals surface area contributed by atoms with E-state index in [9.17, 15) is 9.59 Å². The lowest BCUT2D eigenvalue weighted by atomic mass is 10.0. The molecule has 0 aliphatic rings. The minimum atomic E-state index is -0.519. The summed E-state index contributed by atoms with van der Waals surface area (Å²) in [5, 5.41) is 5.79. The molecule has 146 valence electrons. The van der Waals surface area contributed by atoms with Gasteiger partial charge in [-0.05, 0) is 29.9 Å². The molecule has 0 aliphatic carbocycles. The summed E-state index contributed by atoms with van der Waals surface area (Å²) in [6.07, 6.45) is 3.90. The van der Waals surface area contributed by atoms with Gasteiger partial charge in [-0.1, -0.05) is 58.0 Å². The van der Waals surface area contributed by atoms with Crippen molar-refractivity contribution in [3.8, 4) is 0 Å². The Bertz CT molecular complexity index is 574. The van der Waals surface area contributed by atoms with Crippen molar-refractivity contribution in [1.29, 1.82) is 0 Å². The Hall–Kier alpha value is -1.85. The molecule has 2 amide bonds. The van der Waals surface area contributed by atoms with Gasteiger partial charge in [0.15, 0.2) is 0 Å². The number of nitrogens with one attached hydrogen (secondary N) is 2. The fraction of sp³-hybridized carbons (Fsp3) is 0.500. The number of halogens is 1. The summed E-state index contributed by atoms with van der Waals surface area (Å²) in [4.78, 5) is 24.2. The van der Waals surface area contributed by atoms with Crippen LogP contribution in [0.4, 0.5) is 0 Å². The van der Waals surface area contributed by atoms with E-state index < -0.39 is 6.04 Å². The van der Waals surface area contributed by atoms with Crippen molar-refractivity contribution in [3.63, 3.8) is 0 Å². The first-order valence-electron chi connectivity index (χ1n) is 8.86. The van der Waals surface area contributed by atoms with E-state index in [0.29, 0.717) is 18.9 Å². The van der Waals surface area contributed by atoms with E-state index >= 15 is 0 Å². The predicted octanol–water partition coefficient (Wildman–Crippen LogP) is 2.75. The van der Waals surface area contributed by atoms with Crippen LogP contribution in [-0.2, 0) is 9.59 Å². The molecule has 0 aliphatic heterocycles. The number of carbonyl (C=O) groups is 2. The van der Waals surface area contributed by atoms with Crippen molar-refractivity contribution >= 4 is 30.3 Å². The molecule has 0 fully saturated rings. The molecule has 0 unspecified atom stereocenters. The molecule has 1 aromatic carbocycles. The highest BCUT2D eigenvalue weighted by Gasteiger charge is 2.21. The minimum absolute atomic E-state index is 0. The van der Waals surface area contributed by atoms with Crippen molar-refractivity contribution in [2.75, 3.05) is 6.54 Å². The highest BCUT2D eigenvalue weighted by molar-refractivity contribution is 5.91. The smallest absolute Gasteiger partial charge is 0.244 e. The lowest BCUT2D eigenvalue weighted by Gasteiger charge is -2.24. The maximum atomic E-state index is 12.2. The Kier molecular flexibility index (Phi) is 11.6. The fourth-order valence-corrected chi connectivity index (χ4v) is 2.36. The van der Waals surface area contributed by atoms with Crippen molar-refractivity contribution in [2.45, 2.75) is 46.2 Å². The van der Waals surface area contributed by atoms with Crippen LogP contribution in [-0.4, -0.2) is 30.4 Å². The summed E-state index contributed by atoms with van der Waals surface area (Å²) in [6, 6.07) is 8.95. The van der Waals surface area contributed by atoms with Gasteiger partial charge in [0, 0.05) is 18.7 Å². The Morgan fingerprint density at radius 3 is 2.27 bits per heavy atom. The molecule has 2 atom stereocenters. The van der Waals surface area contributed by atoms with Crippen LogP contribution < -0.4 is 16.4 Å². The zero-order chi connectivity index (χ0) is 18.8. The zero-order valence-corrected chi connectivity index (χ0v) is 16.9. The molecule has 4 N–H and O–H groups in total. The third-order valence-corrected chi connectivity index (χ3v) is 3.92. The molecule has 5 nitrogen and oxygen atoms in total. The first kappa shape index (κ1) is 24.2. The molecule has 0 radical (unpaired) electrons. The molecule has 6 heteroatoms. The number of hydrogen-bond donors (Lipinski definition) is 3. The van der Waals surface area contributed by atoms with Crippen molar-refractivity contribution < 1.29 is 9.59 Å². The average molecular weight is 382 g/mol. The lowest BCUT2D eigenvalue weighted by molar-refractivity contribution is -0.124. The SMILES string of the molecule is CC(C)C[C@H](N)C(=O)N[C@H](CNC(=O)/C=C/c1ccccc1)C(C)C.Cl. The maximum Gasteiger partial charge on any atom is 0.244 e. The van der Waals surface area contributed by atoms with E-state index in [1.807, 2.05) is 58.0 Å². The number of rotatable bonds is 9. The average Bonchev–Trinajstić information content (AvgIpc) is 2.56. The second kappa shape index (κ2) is 12.5. The van der Waals surface area contributed by atoms with Crippen LogP contribution in [0.1, 0.15) is 39.7 Å². The minimum Gasteiger partial charge on any atom is -0.350 e. The Balaban J connectivity index is 0.00000625. The lowest BCUT2D eigenvalue weighted by Crippen LogP contribution is -2.51. The van der Waals surface area contributed by atoms with E-state index in [1.54, 1.807) is 6.08 Å². The van der Waals surface area contributed by atoms with Gasteiger partial charge in [-0.25, -0.2) is 0 Å². The highest BCUT2D eigenvalue weighted by atomic mass is 35.5. The molecule has 0 heterocycles. The molecule has 0 aromatic heterocycles. The van der Waals surface area contributed by atoms with Gasteiger partial charge in [-0.2, -0.15) is 0 Å². The first-order valence-corrected chi connectivity index (χ1v) is 8.86. The van der Waals surface area contributed by atoms with Crippen molar-refractivity contribution in [2.24, 2.45) is 17.6 Å². The molecular weight excluding hydrogens is 350 g/mol. The molecule has 26 heavy (non-hydrogen) atoms. The van der Waals surface area contributed by atoms with Gasteiger partial charge in [-0.15, -0.1) is 12.4 Å². The normalized spacial score (nSPS) is 13.3. The maximum absolute atomic E-state index is 12.2. The summed E-state index contributed by atoms with van der Waals surface area (Å²) in [6.45, 7) is 8.45. The quantitative estimate of drug-likeness (QED) is 0.575. The Labute approximate surface area is 163 Å². The van der Waals surface area contributed by atoms with E-state index in [2.05, 4.69) is 10.6 Å². The second-order valence-electron chi connectivity index (χ2n) is 7.08. The number of hydrogen-bond acceptors (Lipinski definition) is 3. The number of carbonyl (C=O) groups excluding carboxylic acids is 2. The van der Waals surface area contributed by atoms with Gasteiger partial charge in [0.2, 0.25) is 11.8 Å². The largest absolute Gasteiger partial charge is 0.350 e. The third-order valence-electron chi connectivity index (χ3n) is 3.92. The standard InChI is InChI=1S/C20H31N3O2.ClH/c1-14(2)12-17(21)20(25)23-18(15(3)4)13-22-19(24)11-10-16-8-6-5-7-9-16;/h5-11,14-15,17-18H,12-13,21H2,1-4H3,(H,22,24)(H,23,25);1H/b11-10+;/t17-,18+;/m0./s1. The number of benzene rings is 1. The predicted molar refractivity (Wildman–Crippen MR) is 110 cm³/mol. The monoisotopic (exact) mass is 381 g/mol. The molecule has 0 saturated heterocycles. The van der Waals surface area contributed by atoms with E-state index in [4.69, 9.17) is 5.73 Å². The van der Waals surface area contributed by atoms with Crippen LogP contribution in [0.15, 0.2) is 36.4 Å². The Morgan fingerprint density at radius 1 is 1.12 bits per heavy atom. The molecule has 0 spiro atoms. The zero-order valence-electron chi connectivity index (χ0n) is 16.1.